The molecule has 2 aliphatic rings. The minimum atomic E-state index is 0.437. The fraction of sp³-hybridized carbons (Fsp3) is 0.111. The summed E-state index contributed by atoms with van der Waals surface area (Å²) < 4.78 is 5.02. The van der Waals surface area contributed by atoms with Crippen molar-refractivity contribution in [3.63, 3.8) is 0 Å². The molecule has 1 nitrogen and oxygen atoms in total. The topological polar surface area (TPSA) is 13.1 Å². The van der Waals surface area contributed by atoms with Crippen molar-refractivity contribution < 1.29 is 4.42 Å². The molecule has 11 heavy (non-hydrogen) atoms. The van der Waals surface area contributed by atoms with E-state index in [-0.39, 0.29) is 0 Å². The largest absolute Gasteiger partial charge is 0.452 e. The van der Waals surface area contributed by atoms with E-state index in [1.54, 1.807) is 6.26 Å². The molecule has 0 bridgehead atoms. The maximum Gasteiger partial charge on any atom is 0.193 e. The van der Waals surface area contributed by atoms with Crippen molar-refractivity contribution in [2.45, 2.75) is 6.92 Å². The van der Waals surface area contributed by atoms with Gasteiger partial charge in [0.2, 0.25) is 0 Å². The maximum atomic E-state index is 5.68. The molecule has 2 rings (SSSR count). The van der Waals surface area contributed by atoms with Crippen LogP contribution in [0.2, 0.25) is 5.22 Å². The third kappa shape index (κ3) is 1.02. The molecule has 0 N–H and O–H groups in total. The molecular weight excluding hydrogens is 160 g/mol. The Morgan fingerprint density at radius 3 is 3.00 bits per heavy atom. The minimum absolute atomic E-state index is 0.437. The minimum Gasteiger partial charge on any atom is -0.452 e. The fourth-order valence-corrected chi connectivity index (χ4v) is 1.34. The zero-order valence-corrected chi connectivity index (χ0v) is 6.85. The summed E-state index contributed by atoms with van der Waals surface area (Å²) in [6, 6.07) is 5.91. The number of hydrogen-bond acceptors (Lipinski definition) is 1. The molecular formula is C9H7ClO. The number of aryl methyl sites for hydroxylation is 1. The van der Waals surface area contributed by atoms with Gasteiger partial charge in [-0.15, -0.1) is 0 Å². The van der Waals surface area contributed by atoms with Crippen molar-refractivity contribution >= 4 is 11.6 Å². The molecule has 2 heteroatoms. The van der Waals surface area contributed by atoms with E-state index in [1.807, 2.05) is 12.1 Å². The summed E-state index contributed by atoms with van der Waals surface area (Å²) in [7, 11) is 0. The van der Waals surface area contributed by atoms with Crippen LogP contribution in [0.15, 0.2) is 28.9 Å². The van der Waals surface area contributed by atoms with Crippen molar-refractivity contribution in [1.82, 2.24) is 0 Å². The van der Waals surface area contributed by atoms with E-state index in [4.69, 9.17) is 16.0 Å². The van der Waals surface area contributed by atoms with Crippen molar-refractivity contribution in [1.29, 1.82) is 0 Å². The van der Waals surface area contributed by atoms with E-state index in [0.717, 1.165) is 5.56 Å². The van der Waals surface area contributed by atoms with E-state index in [0.29, 0.717) is 5.22 Å². The Bertz CT molecular complexity index is 351. The van der Waals surface area contributed by atoms with E-state index in [9.17, 15) is 0 Å². The third-order valence-electron chi connectivity index (χ3n) is 1.81. The molecule has 1 aliphatic heterocycles. The monoisotopic (exact) mass is 166 g/mol. The van der Waals surface area contributed by atoms with E-state index >= 15 is 0 Å². The predicted molar refractivity (Wildman–Crippen MR) is 45.1 cm³/mol. The summed E-state index contributed by atoms with van der Waals surface area (Å²) in [5, 5.41) is 0.437. The van der Waals surface area contributed by atoms with Crippen LogP contribution >= 0.6 is 11.6 Å². The van der Waals surface area contributed by atoms with Crippen LogP contribution in [0.1, 0.15) is 5.56 Å². The Kier molecular flexibility index (Phi) is 1.40. The average Bonchev–Trinajstić information content (AvgIpc) is 2.33. The average molecular weight is 167 g/mol. The number of fused-ring (bicyclic) bond motifs is 1. The lowest BCUT2D eigenvalue weighted by molar-refractivity contribution is 0.554. The standard InChI is InChI=1S/C9H7ClO/c1-6-2-3-7-5-11-9(10)4-8(6)7/h2-5H,1H3. The van der Waals surface area contributed by atoms with Crippen molar-refractivity contribution in [2.75, 3.05) is 0 Å². The molecule has 0 aromatic rings. The molecule has 0 fully saturated rings. The first kappa shape index (κ1) is 6.74. The van der Waals surface area contributed by atoms with Crippen LogP contribution in [0.3, 0.4) is 0 Å². The van der Waals surface area contributed by atoms with Gasteiger partial charge in [-0.05, 0) is 29.7 Å². The van der Waals surface area contributed by atoms with Crippen molar-refractivity contribution in [3.8, 4) is 11.1 Å². The second kappa shape index (κ2) is 2.28. The first-order valence-electron chi connectivity index (χ1n) is 3.41. The zero-order chi connectivity index (χ0) is 7.84. The van der Waals surface area contributed by atoms with Crippen LogP contribution < -0.4 is 0 Å². The Morgan fingerprint density at radius 1 is 1.36 bits per heavy atom. The molecule has 0 atom stereocenters. The molecule has 0 saturated heterocycles. The number of rotatable bonds is 0. The van der Waals surface area contributed by atoms with Crippen LogP contribution in [-0.4, -0.2) is 0 Å². The quantitative estimate of drug-likeness (QED) is 0.585. The molecule has 0 unspecified atom stereocenters. The Labute approximate surface area is 69.9 Å². The van der Waals surface area contributed by atoms with Gasteiger partial charge in [0.1, 0.15) is 6.26 Å². The highest BCUT2D eigenvalue weighted by Crippen LogP contribution is 2.29. The molecule has 1 aliphatic carbocycles. The SMILES string of the molecule is Cc1ccc2coc(Cl)cc1-2. The smallest absolute Gasteiger partial charge is 0.193 e. The van der Waals surface area contributed by atoms with E-state index in [2.05, 4.69) is 13.0 Å². The molecule has 0 radical (unpaired) electrons. The van der Waals surface area contributed by atoms with Crippen molar-refractivity contribution in [3.05, 3.63) is 35.2 Å². The van der Waals surface area contributed by atoms with Gasteiger partial charge in [0.15, 0.2) is 5.22 Å². The molecule has 56 valence electrons. The lowest BCUT2D eigenvalue weighted by Crippen LogP contribution is -1.74. The summed E-state index contributed by atoms with van der Waals surface area (Å²) in [6.45, 7) is 2.05. The summed E-state index contributed by atoms with van der Waals surface area (Å²) >= 11 is 5.68. The van der Waals surface area contributed by atoms with Crippen LogP contribution in [0.25, 0.3) is 11.1 Å². The Hall–Kier alpha value is -0.950. The molecule has 0 saturated carbocycles. The second-order valence-electron chi connectivity index (χ2n) is 2.57. The normalized spacial score (nSPS) is 10.7. The highest BCUT2D eigenvalue weighted by molar-refractivity contribution is 6.29. The van der Waals surface area contributed by atoms with Gasteiger partial charge in [-0.3, -0.25) is 0 Å². The summed E-state index contributed by atoms with van der Waals surface area (Å²) in [5.41, 5.74) is 3.51. The predicted octanol–water partition coefficient (Wildman–Crippen LogP) is 3.35. The third-order valence-corrected chi connectivity index (χ3v) is 2.00. The van der Waals surface area contributed by atoms with E-state index in [1.165, 1.54) is 11.1 Å². The van der Waals surface area contributed by atoms with Crippen LogP contribution in [0.5, 0.6) is 0 Å². The second-order valence-corrected chi connectivity index (χ2v) is 2.94. The first-order valence-corrected chi connectivity index (χ1v) is 3.78. The van der Waals surface area contributed by atoms with Gasteiger partial charge in [-0.25, -0.2) is 0 Å². The highest BCUT2D eigenvalue weighted by atomic mass is 35.5. The highest BCUT2D eigenvalue weighted by Gasteiger charge is 2.06. The van der Waals surface area contributed by atoms with Crippen molar-refractivity contribution in [2.24, 2.45) is 0 Å². The molecule has 0 aromatic heterocycles. The molecule has 0 aromatic carbocycles. The van der Waals surface area contributed by atoms with Gasteiger partial charge in [-0.2, -0.15) is 0 Å². The molecule has 1 heterocycles. The lowest BCUT2D eigenvalue weighted by atomic mass is 10.1. The van der Waals surface area contributed by atoms with E-state index < -0.39 is 0 Å². The Morgan fingerprint density at radius 2 is 2.18 bits per heavy atom. The van der Waals surface area contributed by atoms with Gasteiger partial charge in [0.05, 0.1) is 0 Å². The van der Waals surface area contributed by atoms with Gasteiger partial charge >= 0.3 is 0 Å². The van der Waals surface area contributed by atoms with Gasteiger partial charge < -0.3 is 4.42 Å². The zero-order valence-electron chi connectivity index (χ0n) is 6.10. The van der Waals surface area contributed by atoms with Gasteiger partial charge in [-0.1, -0.05) is 12.1 Å². The Balaban J connectivity index is 2.76. The number of hydrogen-bond donors (Lipinski definition) is 0. The summed E-state index contributed by atoms with van der Waals surface area (Å²) in [6.07, 6.45) is 1.67. The number of halogens is 1. The summed E-state index contributed by atoms with van der Waals surface area (Å²) in [4.78, 5) is 0. The molecule has 0 amide bonds. The maximum absolute atomic E-state index is 5.68. The molecule has 0 spiro atoms. The van der Waals surface area contributed by atoms with Crippen LogP contribution in [0.4, 0.5) is 0 Å². The van der Waals surface area contributed by atoms with Gasteiger partial charge in [0.25, 0.3) is 0 Å². The van der Waals surface area contributed by atoms with Gasteiger partial charge in [0, 0.05) is 11.6 Å². The fourth-order valence-electron chi connectivity index (χ4n) is 1.19. The lowest BCUT2D eigenvalue weighted by Gasteiger charge is -1.98. The van der Waals surface area contributed by atoms with Crippen LogP contribution in [-0.2, 0) is 0 Å². The van der Waals surface area contributed by atoms with Crippen LogP contribution in [0, 0.1) is 6.92 Å². The first-order chi connectivity index (χ1) is 5.27. The summed E-state index contributed by atoms with van der Waals surface area (Å²) in [5.74, 6) is 0.